The van der Waals surface area contributed by atoms with Crippen LogP contribution in [0.2, 0.25) is 5.15 Å². The van der Waals surface area contributed by atoms with E-state index in [0.29, 0.717) is 17.1 Å². The first kappa shape index (κ1) is 12.2. The van der Waals surface area contributed by atoms with Crippen LogP contribution >= 0.6 is 11.6 Å². The zero-order valence-corrected chi connectivity index (χ0v) is 10.5. The van der Waals surface area contributed by atoms with Gasteiger partial charge in [-0.1, -0.05) is 25.4 Å². The third-order valence-electron chi connectivity index (χ3n) is 2.10. The summed E-state index contributed by atoms with van der Waals surface area (Å²) in [6.07, 6.45) is 1.51. The van der Waals surface area contributed by atoms with Crippen LogP contribution in [0.25, 0.3) is 0 Å². The highest BCUT2D eigenvalue weighted by Gasteiger charge is 2.13. The molecule has 0 N–H and O–H groups in total. The highest BCUT2D eigenvalue weighted by Crippen LogP contribution is 2.18. The Labute approximate surface area is 96.5 Å². The molecule has 1 aromatic heterocycles. The maximum Gasteiger partial charge on any atom is 0.134 e. The highest BCUT2D eigenvalue weighted by atomic mass is 35.5. The molecule has 0 aliphatic heterocycles. The quantitative estimate of drug-likeness (QED) is 0.741. The molecule has 0 unspecified atom stereocenters. The summed E-state index contributed by atoms with van der Waals surface area (Å²) in [4.78, 5) is 10.4. The fraction of sp³-hybridized carbons (Fsp3) is 0.636. The zero-order chi connectivity index (χ0) is 11.4. The molecule has 84 valence electrons. The van der Waals surface area contributed by atoms with E-state index in [1.807, 2.05) is 6.07 Å². The van der Waals surface area contributed by atoms with Crippen molar-refractivity contribution in [3.8, 4) is 0 Å². The molecule has 4 heteroatoms. The van der Waals surface area contributed by atoms with E-state index in [0.717, 1.165) is 12.4 Å². The van der Waals surface area contributed by atoms with E-state index in [1.54, 1.807) is 0 Å². The Morgan fingerprint density at radius 1 is 1.27 bits per heavy atom. The molecule has 3 nitrogen and oxygen atoms in total. The second-order valence-electron chi connectivity index (χ2n) is 4.34. The van der Waals surface area contributed by atoms with Gasteiger partial charge in [0.05, 0.1) is 0 Å². The van der Waals surface area contributed by atoms with Gasteiger partial charge in [-0.25, -0.2) is 9.97 Å². The molecular weight excluding hydrogens is 210 g/mol. The van der Waals surface area contributed by atoms with E-state index in [1.165, 1.54) is 6.33 Å². The van der Waals surface area contributed by atoms with Gasteiger partial charge in [-0.05, 0) is 19.8 Å². The van der Waals surface area contributed by atoms with Crippen molar-refractivity contribution in [1.82, 2.24) is 9.97 Å². The molecule has 1 aromatic rings. The van der Waals surface area contributed by atoms with Crippen LogP contribution in [0, 0.1) is 5.92 Å². The number of rotatable bonds is 4. The van der Waals surface area contributed by atoms with Crippen LogP contribution in [0.4, 0.5) is 5.82 Å². The fourth-order valence-electron chi connectivity index (χ4n) is 1.44. The molecule has 15 heavy (non-hydrogen) atoms. The lowest BCUT2D eigenvalue weighted by molar-refractivity contribution is 0.565. The van der Waals surface area contributed by atoms with E-state index in [9.17, 15) is 0 Å². The van der Waals surface area contributed by atoms with Gasteiger partial charge < -0.3 is 4.90 Å². The van der Waals surface area contributed by atoms with Gasteiger partial charge in [0.15, 0.2) is 0 Å². The molecule has 0 atom stereocenters. The lowest BCUT2D eigenvalue weighted by Crippen LogP contribution is -2.34. The van der Waals surface area contributed by atoms with E-state index >= 15 is 0 Å². The molecule has 0 spiro atoms. The summed E-state index contributed by atoms with van der Waals surface area (Å²) in [7, 11) is 0. The molecule has 0 fully saturated rings. The standard InChI is InChI=1S/C11H18ClN3/c1-8(2)6-15(9(3)4)11-5-10(12)13-7-14-11/h5,7-9H,6H2,1-4H3. The molecular formula is C11H18ClN3. The summed E-state index contributed by atoms with van der Waals surface area (Å²) in [5.74, 6) is 1.50. The normalized spacial score (nSPS) is 11.1. The third kappa shape index (κ3) is 3.67. The Morgan fingerprint density at radius 2 is 1.93 bits per heavy atom. The number of hydrogen-bond acceptors (Lipinski definition) is 3. The number of anilines is 1. The van der Waals surface area contributed by atoms with Gasteiger partial charge in [-0.2, -0.15) is 0 Å². The highest BCUT2D eigenvalue weighted by molar-refractivity contribution is 6.29. The van der Waals surface area contributed by atoms with Gasteiger partial charge in [0.1, 0.15) is 17.3 Å². The zero-order valence-electron chi connectivity index (χ0n) is 9.74. The van der Waals surface area contributed by atoms with Crippen LogP contribution in [0.15, 0.2) is 12.4 Å². The first-order chi connectivity index (χ1) is 7.00. The SMILES string of the molecule is CC(C)CN(c1cc(Cl)ncn1)C(C)C. The Bertz CT molecular complexity index is 312. The number of hydrogen-bond donors (Lipinski definition) is 0. The average molecular weight is 228 g/mol. The maximum absolute atomic E-state index is 5.85. The molecule has 1 heterocycles. The fourth-order valence-corrected chi connectivity index (χ4v) is 1.58. The summed E-state index contributed by atoms with van der Waals surface area (Å²) in [5, 5.41) is 0.495. The van der Waals surface area contributed by atoms with Gasteiger partial charge in [-0.15, -0.1) is 0 Å². The van der Waals surface area contributed by atoms with Crippen LogP contribution in [0.1, 0.15) is 27.7 Å². The minimum Gasteiger partial charge on any atom is -0.354 e. The number of aromatic nitrogens is 2. The second-order valence-corrected chi connectivity index (χ2v) is 4.73. The molecule has 1 rings (SSSR count). The van der Waals surface area contributed by atoms with Crippen molar-refractivity contribution in [2.24, 2.45) is 5.92 Å². The molecule has 0 aliphatic rings. The monoisotopic (exact) mass is 227 g/mol. The first-order valence-corrected chi connectivity index (χ1v) is 5.62. The van der Waals surface area contributed by atoms with E-state index in [2.05, 4.69) is 42.6 Å². The topological polar surface area (TPSA) is 29.0 Å². The Morgan fingerprint density at radius 3 is 2.40 bits per heavy atom. The Hall–Kier alpha value is -0.830. The molecule has 0 bridgehead atoms. The number of nitrogens with zero attached hydrogens (tertiary/aromatic N) is 3. The van der Waals surface area contributed by atoms with Crippen LogP contribution in [-0.2, 0) is 0 Å². The van der Waals surface area contributed by atoms with Crippen LogP contribution in [-0.4, -0.2) is 22.6 Å². The van der Waals surface area contributed by atoms with Gasteiger partial charge in [0.2, 0.25) is 0 Å². The van der Waals surface area contributed by atoms with Crippen molar-refractivity contribution in [2.45, 2.75) is 33.7 Å². The van der Waals surface area contributed by atoms with Crippen molar-refractivity contribution in [1.29, 1.82) is 0 Å². The summed E-state index contributed by atoms with van der Waals surface area (Å²) in [5.41, 5.74) is 0. The van der Waals surface area contributed by atoms with Crippen LogP contribution < -0.4 is 4.90 Å². The van der Waals surface area contributed by atoms with Gasteiger partial charge >= 0.3 is 0 Å². The largest absolute Gasteiger partial charge is 0.354 e. The van der Waals surface area contributed by atoms with E-state index in [-0.39, 0.29) is 0 Å². The molecule has 0 radical (unpaired) electrons. The molecule has 0 amide bonds. The van der Waals surface area contributed by atoms with E-state index < -0.39 is 0 Å². The smallest absolute Gasteiger partial charge is 0.134 e. The van der Waals surface area contributed by atoms with Crippen LogP contribution in [0.3, 0.4) is 0 Å². The third-order valence-corrected chi connectivity index (χ3v) is 2.31. The predicted octanol–water partition coefficient (Wildman–Crippen LogP) is 3.00. The van der Waals surface area contributed by atoms with E-state index in [4.69, 9.17) is 11.6 Å². The predicted molar refractivity (Wildman–Crippen MR) is 64.4 cm³/mol. The van der Waals surface area contributed by atoms with Gasteiger partial charge in [0.25, 0.3) is 0 Å². The minimum absolute atomic E-state index is 0.415. The molecule has 0 saturated carbocycles. The molecule has 0 saturated heterocycles. The first-order valence-electron chi connectivity index (χ1n) is 5.25. The summed E-state index contributed by atoms with van der Waals surface area (Å²) in [6.45, 7) is 9.66. The minimum atomic E-state index is 0.415. The van der Waals surface area contributed by atoms with Crippen molar-refractivity contribution >= 4 is 17.4 Å². The average Bonchev–Trinajstić information content (AvgIpc) is 2.13. The summed E-state index contributed by atoms with van der Waals surface area (Å²) < 4.78 is 0. The van der Waals surface area contributed by atoms with Crippen LogP contribution in [0.5, 0.6) is 0 Å². The number of halogens is 1. The van der Waals surface area contributed by atoms with Crippen molar-refractivity contribution in [3.05, 3.63) is 17.5 Å². The Balaban J connectivity index is 2.88. The van der Waals surface area contributed by atoms with Gasteiger partial charge in [-0.3, -0.25) is 0 Å². The van der Waals surface area contributed by atoms with Crippen molar-refractivity contribution < 1.29 is 0 Å². The molecule has 0 aliphatic carbocycles. The lowest BCUT2D eigenvalue weighted by atomic mass is 10.2. The van der Waals surface area contributed by atoms with Crippen molar-refractivity contribution in [3.63, 3.8) is 0 Å². The summed E-state index contributed by atoms with van der Waals surface area (Å²) >= 11 is 5.85. The summed E-state index contributed by atoms with van der Waals surface area (Å²) in [6, 6.07) is 2.22. The van der Waals surface area contributed by atoms with Crippen molar-refractivity contribution in [2.75, 3.05) is 11.4 Å². The second kappa shape index (κ2) is 5.31. The lowest BCUT2D eigenvalue weighted by Gasteiger charge is -2.29. The maximum atomic E-state index is 5.85. The van der Waals surface area contributed by atoms with Gasteiger partial charge in [0, 0.05) is 18.7 Å². The Kier molecular flexibility index (Phi) is 4.33. The molecule has 0 aromatic carbocycles.